The minimum atomic E-state index is -0.580. The molecule has 128 valence electrons. The maximum atomic E-state index is 12.7. The predicted molar refractivity (Wildman–Crippen MR) is 92.6 cm³/mol. The number of benzene rings is 1. The molecule has 2 aromatic rings. The molecule has 0 spiro atoms. The highest BCUT2D eigenvalue weighted by Crippen LogP contribution is 2.36. The van der Waals surface area contributed by atoms with Crippen molar-refractivity contribution in [1.29, 1.82) is 0 Å². The third-order valence-corrected chi connectivity index (χ3v) is 4.48. The third kappa shape index (κ3) is 2.67. The zero-order valence-electron chi connectivity index (χ0n) is 13.7. The van der Waals surface area contributed by atoms with E-state index in [0.29, 0.717) is 23.1 Å². The zero-order valence-corrected chi connectivity index (χ0v) is 13.7. The maximum Gasteiger partial charge on any atom is 0.329 e. The van der Waals surface area contributed by atoms with E-state index in [1.807, 2.05) is 16.8 Å². The summed E-state index contributed by atoms with van der Waals surface area (Å²) in [5.41, 5.74) is 1.36. The molecule has 1 atom stereocenters. The lowest BCUT2D eigenvalue weighted by atomic mass is 10.2. The van der Waals surface area contributed by atoms with Crippen molar-refractivity contribution in [3.8, 4) is 0 Å². The standard InChI is InChI=1S/C18H18N4O3/c1-11-17(24)22(18(25)19-11)14-6-3-2-5-13(14)20-16(23)15-7-4-10-21(15)12-8-9-12/h2-7,10-12H,8-9H2,1H3,(H,19,25)(H,20,23). The van der Waals surface area contributed by atoms with Crippen molar-refractivity contribution in [2.24, 2.45) is 0 Å². The van der Waals surface area contributed by atoms with Gasteiger partial charge in [0.05, 0.1) is 11.4 Å². The third-order valence-electron chi connectivity index (χ3n) is 4.48. The summed E-state index contributed by atoms with van der Waals surface area (Å²) in [4.78, 5) is 38.1. The molecule has 2 N–H and O–H groups in total. The molecule has 1 saturated heterocycles. The number of imide groups is 1. The Morgan fingerprint density at radius 1 is 1.16 bits per heavy atom. The second-order valence-corrected chi connectivity index (χ2v) is 6.35. The van der Waals surface area contributed by atoms with E-state index in [1.165, 1.54) is 0 Å². The lowest BCUT2D eigenvalue weighted by Crippen LogP contribution is -2.32. The van der Waals surface area contributed by atoms with Crippen LogP contribution in [-0.4, -0.2) is 28.5 Å². The highest BCUT2D eigenvalue weighted by Gasteiger charge is 2.37. The molecule has 0 radical (unpaired) electrons. The van der Waals surface area contributed by atoms with Crippen LogP contribution in [0.15, 0.2) is 42.6 Å². The first-order valence-corrected chi connectivity index (χ1v) is 8.28. The number of hydrogen-bond acceptors (Lipinski definition) is 3. The lowest BCUT2D eigenvalue weighted by molar-refractivity contribution is -0.117. The van der Waals surface area contributed by atoms with Crippen LogP contribution in [0.3, 0.4) is 0 Å². The number of anilines is 2. The number of nitrogens with one attached hydrogen (secondary N) is 2. The van der Waals surface area contributed by atoms with Crippen molar-refractivity contribution in [3.63, 3.8) is 0 Å². The van der Waals surface area contributed by atoms with E-state index in [9.17, 15) is 14.4 Å². The summed E-state index contributed by atoms with van der Waals surface area (Å²) in [6.45, 7) is 1.63. The number of nitrogens with zero attached hydrogens (tertiary/aromatic N) is 2. The maximum absolute atomic E-state index is 12.7. The van der Waals surface area contributed by atoms with Gasteiger partial charge in [0, 0.05) is 12.2 Å². The summed E-state index contributed by atoms with van der Waals surface area (Å²) in [6, 6.07) is 9.74. The van der Waals surface area contributed by atoms with Gasteiger partial charge in [-0.3, -0.25) is 9.59 Å². The first-order valence-electron chi connectivity index (χ1n) is 8.28. The van der Waals surface area contributed by atoms with Crippen molar-refractivity contribution in [2.45, 2.75) is 31.8 Å². The largest absolute Gasteiger partial charge is 0.340 e. The Morgan fingerprint density at radius 3 is 2.60 bits per heavy atom. The van der Waals surface area contributed by atoms with E-state index in [-0.39, 0.29) is 11.8 Å². The van der Waals surface area contributed by atoms with Gasteiger partial charge in [-0.1, -0.05) is 12.1 Å². The molecule has 2 fully saturated rings. The zero-order chi connectivity index (χ0) is 17.6. The molecule has 1 aromatic heterocycles. The van der Waals surface area contributed by atoms with Crippen LogP contribution in [0, 0.1) is 0 Å². The normalized spacial score (nSPS) is 19.9. The molecular formula is C18H18N4O3. The van der Waals surface area contributed by atoms with Gasteiger partial charge in [-0.25, -0.2) is 9.69 Å². The molecule has 1 saturated carbocycles. The Labute approximate surface area is 144 Å². The van der Waals surface area contributed by atoms with Gasteiger partial charge in [-0.15, -0.1) is 0 Å². The number of para-hydroxylation sites is 2. The van der Waals surface area contributed by atoms with Crippen molar-refractivity contribution >= 4 is 29.2 Å². The smallest absolute Gasteiger partial charge is 0.329 e. The van der Waals surface area contributed by atoms with E-state index in [4.69, 9.17) is 0 Å². The monoisotopic (exact) mass is 338 g/mol. The first-order chi connectivity index (χ1) is 12.1. The van der Waals surface area contributed by atoms with Crippen LogP contribution in [0.4, 0.5) is 16.2 Å². The Balaban J connectivity index is 1.63. The number of amides is 4. The van der Waals surface area contributed by atoms with Crippen LogP contribution < -0.4 is 15.5 Å². The fourth-order valence-electron chi connectivity index (χ4n) is 3.05. The van der Waals surface area contributed by atoms with E-state index < -0.39 is 12.1 Å². The Morgan fingerprint density at radius 2 is 1.92 bits per heavy atom. The Bertz CT molecular complexity index is 869. The molecule has 0 bridgehead atoms. The van der Waals surface area contributed by atoms with E-state index >= 15 is 0 Å². The molecule has 1 aliphatic carbocycles. The molecule has 7 heteroatoms. The summed E-state index contributed by atoms with van der Waals surface area (Å²) in [6.07, 6.45) is 4.05. The SMILES string of the molecule is CC1NC(=O)N(c2ccccc2NC(=O)c2cccn2C2CC2)C1=O. The van der Waals surface area contributed by atoms with Gasteiger partial charge < -0.3 is 15.2 Å². The van der Waals surface area contributed by atoms with Crippen molar-refractivity contribution in [2.75, 3.05) is 10.2 Å². The summed E-state index contributed by atoms with van der Waals surface area (Å²) in [5.74, 6) is -0.600. The molecule has 4 rings (SSSR count). The molecular weight excluding hydrogens is 320 g/mol. The average Bonchev–Trinajstić information content (AvgIpc) is 3.26. The first kappa shape index (κ1) is 15.4. The minimum absolute atomic E-state index is 0.260. The number of carbonyl (C=O) groups is 3. The van der Waals surface area contributed by atoms with Crippen LogP contribution in [0.5, 0.6) is 0 Å². The Hall–Kier alpha value is -3.09. The highest BCUT2D eigenvalue weighted by atomic mass is 16.2. The predicted octanol–water partition coefficient (Wildman–Crippen LogP) is 2.52. The van der Waals surface area contributed by atoms with Crippen LogP contribution in [0.25, 0.3) is 0 Å². The lowest BCUT2D eigenvalue weighted by Gasteiger charge is -2.18. The van der Waals surface area contributed by atoms with Gasteiger partial charge in [0.2, 0.25) is 0 Å². The van der Waals surface area contributed by atoms with E-state index in [1.54, 1.807) is 37.3 Å². The van der Waals surface area contributed by atoms with Crippen LogP contribution in [-0.2, 0) is 4.79 Å². The summed E-state index contributed by atoms with van der Waals surface area (Å²) in [7, 11) is 0. The summed E-state index contributed by atoms with van der Waals surface area (Å²) in [5, 5.41) is 5.41. The summed E-state index contributed by atoms with van der Waals surface area (Å²) < 4.78 is 1.97. The molecule has 1 unspecified atom stereocenters. The number of aromatic nitrogens is 1. The molecule has 2 aliphatic rings. The Kier molecular flexibility index (Phi) is 3.56. The average molecular weight is 338 g/mol. The van der Waals surface area contributed by atoms with Crippen LogP contribution in [0.1, 0.15) is 36.3 Å². The molecule has 25 heavy (non-hydrogen) atoms. The van der Waals surface area contributed by atoms with Gasteiger partial charge in [-0.2, -0.15) is 0 Å². The quantitative estimate of drug-likeness (QED) is 0.840. The van der Waals surface area contributed by atoms with Crippen molar-refractivity contribution in [3.05, 3.63) is 48.3 Å². The number of urea groups is 1. The van der Waals surface area contributed by atoms with Gasteiger partial charge in [0.15, 0.2) is 0 Å². The highest BCUT2D eigenvalue weighted by molar-refractivity contribution is 6.23. The fraction of sp³-hybridized carbons (Fsp3) is 0.278. The molecule has 7 nitrogen and oxygen atoms in total. The molecule has 1 aromatic carbocycles. The number of rotatable bonds is 4. The van der Waals surface area contributed by atoms with Crippen molar-refractivity contribution < 1.29 is 14.4 Å². The second-order valence-electron chi connectivity index (χ2n) is 6.35. The number of hydrogen-bond donors (Lipinski definition) is 2. The summed E-state index contributed by atoms with van der Waals surface area (Å²) >= 11 is 0. The fourth-order valence-corrected chi connectivity index (χ4v) is 3.05. The van der Waals surface area contributed by atoms with Crippen molar-refractivity contribution in [1.82, 2.24) is 9.88 Å². The number of carbonyl (C=O) groups excluding carboxylic acids is 3. The van der Waals surface area contributed by atoms with E-state index in [2.05, 4.69) is 10.6 Å². The van der Waals surface area contributed by atoms with Crippen LogP contribution in [0.2, 0.25) is 0 Å². The molecule has 2 heterocycles. The van der Waals surface area contributed by atoms with E-state index in [0.717, 1.165) is 17.7 Å². The van der Waals surface area contributed by atoms with Gasteiger partial charge in [-0.05, 0) is 44.0 Å². The van der Waals surface area contributed by atoms with Crippen LogP contribution >= 0.6 is 0 Å². The molecule has 1 aliphatic heterocycles. The minimum Gasteiger partial charge on any atom is -0.340 e. The molecule has 4 amide bonds. The van der Waals surface area contributed by atoms with Gasteiger partial charge in [0.1, 0.15) is 11.7 Å². The van der Waals surface area contributed by atoms with Gasteiger partial charge in [0.25, 0.3) is 11.8 Å². The second kappa shape index (κ2) is 5.77. The topological polar surface area (TPSA) is 83.4 Å². The van der Waals surface area contributed by atoms with Gasteiger partial charge >= 0.3 is 6.03 Å².